The number of aliphatic hydroxyl groups is 1. The first-order valence-corrected chi connectivity index (χ1v) is 7.07. The lowest BCUT2D eigenvalue weighted by molar-refractivity contribution is 0.281. The molecule has 0 bridgehead atoms. The molecule has 0 amide bonds. The fourth-order valence-electron chi connectivity index (χ4n) is 3.13. The van der Waals surface area contributed by atoms with Crippen LogP contribution < -0.4 is 4.90 Å². The topological polar surface area (TPSA) is 36.4 Å². The van der Waals surface area contributed by atoms with E-state index >= 15 is 0 Å². The molecule has 0 saturated heterocycles. The third-order valence-corrected chi connectivity index (χ3v) is 4.05. The summed E-state index contributed by atoms with van der Waals surface area (Å²) in [7, 11) is 0. The van der Waals surface area contributed by atoms with Gasteiger partial charge in [0.15, 0.2) is 0 Å². The second-order valence-corrected chi connectivity index (χ2v) is 5.59. The van der Waals surface area contributed by atoms with Crippen LogP contribution in [0.15, 0.2) is 30.3 Å². The summed E-state index contributed by atoms with van der Waals surface area (Å²) in [6.07, 6.45) is 1.02. The van der Waals surface area contributed by atoms with E-state index < -0.39 is 0 Å². The molecule has 2 heterocycles. The van der Waals surface area contributed by atoms with E-state index in [1.165, 1.54) is 11.3 Å². The number of benzene rings is 1. The maximum absolute atomic E-state index is 9.72. The van der Waals surface area contributed by atoms with E-state index in [2.05, 4.69) is 36.1 Å². The predicted octanol–water partition coefficient (Wildman–Crippen LogP) is 3.27. The Morgan fingerprint density at radius 2 is 2.05 bits per heavy atom. The molecule has 20 heavy (non-hydrogen) atoms. The number of aromatic nitrogens is 1. The molecule has 1 aromatic heterocycles. The van der Waals surface area contributed by atoms with E-state index in [9.17, 15) is 5.11 Å². The monoisotopic (exact) mass is 268 g/mol. The van der Waals surface area contributed by atoms with Crippen LogP contribution in [0, 0.1) is 13.8 Å². The van der Waals surface area contributed by atoms with Crippen LogP contribution in [-0.2, 0) is 13.0 Å². The van der Waals surface area contributed by atoms with Crippen molar-refractivity contribution in [3.63, 3.8) is 0 Å². The molecule has 3 rings (SSSR count). The van der Waals surface area contributed by atoms with Crippen molar-refractivity contribution in [2.45, 2.75) is 39.8 Å². The Labute approximate surface area is 119 Å². The van der Waals surface area contributed by atoms with E-state index in [-0.39, 0.29) is 6.61 Å². The molecule has 104 valence electrons. The SMILES string of the molecule is Cc1cc(C)c(CO)c(N2c3ccccc3CC2C)n1. The minimum Gasteiger partial charge on any atom is -0.392 e. The first kappa shape index (κ1) is 13.1. The zero-order valence-electron chi connectivity index (χ0n) is 12.2. The lowest BCUT2D eigenvalue weighted by Crippen LogP contribution is -2.26. The van der Waals surface area contributed by atoms with Gasteiger partial charge in [0, 0.05) is 23.0 Å². The van der Waals surface area contributed by atoms with Gasteiger partial charge in [0.05, 0.1) is 6.61 Å². The number of rotatable bonds is 2. The number of hydrogen-bond donors (Lipinski definition) is 1. The van der Waals surface area contributed by atoms with Crippen LogP contribution in [0.1, 0.15) is 29.3 Å². The number of para-hydroxylation sites is 1. The molecule has 1 unspecified atom stereocenters. The fraction of sp³-hybridized carbons (Fsp3) is 0.353. The van der Waals surface area contributed by atoms with Crippen LogP contribution in [0.5, 0.6) is 0 Å². The summed E-state index contributed by atoms with van der Waals surface area (Å²) in [6, 6.07) is 10.8. The number of fused-ring (bicyclic) bond motifs is 1. The molecular weight excluding hydrogens is 248 g/mol. The molecule has 2 aromatic rings. The Balaban J connectivity index is 2.19. The fourth-order valence-corrected chi connectivity index (χ4v) is 3.13. The molecule has 1 atom stereocenters. The highest BCUT2D eigenvalue weighted by molar-refractivity contribution is 5.71. The first-order chi connectivity index (χ1) is 9.61. The Morgan fingerprint density at radius 1 is 1.30 bits per heavy atom. The van der Waals surface area contributed by atoms with Gasteiger partial charge in [0.25, 0.3) is 0 Å². The summed E-state index contributed by atoms with van der Waals surface area (Å²) in [5, 5.41) is 9.72. The molecule has 0 fully saturated rings. The van der Waals surface area contributed by atoms with Crippen LogP contribution in [0.3, 0.4) is 0 Å². The number of hydrogen-bond acceptors (Lipinski definition) is 3. The van der Waals surface area contributed by atoms with Gasteiger partial charge in [-0.3, -0.25) is 0 Å². The maximum atomic E-state index is 9.72. The summed E-state index contributed by atoms with van der Waals surface area (Å²) >= 11 is 0. The zero-order valence-corrected chi connectivity index (χ0v) is 12.2. The van der Waals surface area contributed by atoms with Crippen LogP contribution in [0.2, 0.25) is 0 Å². The van der Waals surface area contributed by atoms with E-state index in [0.29, 0.717) is 6.04 Å². The zero-order chi connectivity index (χ0) is 14.3. The summed E-state index contributed by atoms with van der Waals surface area (Å²) in [5.74, 6) is 0.905. The van der Waals surface area contributed by atoms with Gasteiger partial charge in [0.2, 0.25) is 0 Å². The number of aliphatic hydroxyl groups excluding tert-OH is 1. The summed E-state index contributed by atoms with van der Waals surface area (Å²) in [6.45, 7) is 6.28. The number of pyridine rings is 1. The Morgan fingerprint density at radius 3 is 2.80 bits per heavy atom. The van der Waals surface area contributed by atoms with Gasteiger partial charge < -0.3 is 10.0 Å². The van der Waals surface area contributed by atoms with Crippen molar-refractivity contribution < 1.29 is 5.11 Å². The third-order valence-electron chi connectivity index (χ3n) is 4.05. The second kappa shape index (κ2) is 4.91. The summed E-state index contributed by atoms with van der Waals surface area (Å²) in [4.78, 5) is 6.97. The number of anilines is 2. The van der Waals surface area contributed by atoms with Crippen molar-refractivity contribution in [2.24, 2.45) is 0 Å². The van der Waals surface area contributed by atoms with E-state index in [1.54, 1.807) is 0 Å². The Bertz CT molecular complexity index is 651. The normalized spacial score (nSPS) is 17.4. The quantitative estimate of drug-likeness (QED) is 0.908. The van der Waals surface area contributed by atoms with Crippen LogP contribution in [-0.4, -0.2) is 16.1 Å². The predicted molar refractivity (Wildman–Crippen MR) is 81.4 cm³/mol. The summed E-state index contributed by atoms with van der Waals surface area (Å²) < 4.78 is 0. The van der Waals surface area contributed by atoms with Gasteiger partial charge in [-0.05, 0) is 50.5 Å². The van der Waals surface area contributed by atoms with Crippen LogP contribution in [0.25, 0.3) is 0 Å². The van der Waals surface area contributed by atoms with Gasteiger partial charge in [-0.2, -0.15) is 0 Å². The van der Waals surface area contributed by atoms with E-state index in [4.69, 9.17) is 4.98 Å². The van der Waals surface area contributed by atoms with Gasteiger partial charge in [0.1, 0.15) is 5.82 Å². The average Bonchev–Trinajstić information content (AvgIpc) is 2.73. The highest BCUT2D eigenvalue weighted by Gasteiger charge is 2.29. The highest BCUT2D eigenvalue weighted by Crippen LogP contribution is 2.39. The lowest BCUT2D eigenvalue weighted by Gasteiger charge is -2.27. The standard InChI is InChI=1S/C17H20N2O/c1-11-8-12(2)18-17(15(11)10-20)19-13(3)9-14-6-4-5-7-16(14)19/h4-8,13,20H,9-10H2,1-3H3. The molecule has 1 aliphatic heterocycles. The Hall–Kier alpha value is -1.87. The van der Waals surface area contributed by atoms with Gasteiger partial charge >= 0.3 is 0 Å². The smallest absolute Gasteiger partial charge is 0.139 e. The molecule has 0 saturated carbocycles. The first-order valence-electron chi connectivity index (χ1n) is 7.07. The summed E-state index contributed by atoms with van der Waals surface area (Å²) in [5.41, 5.74) is 5.59. The molecule has 1 aliphatic rings. The molecule has 1 aromatic carbocycles. The van der Waals surface area contributed by atoms with Crippen molar-refractivity contribution >= 4 is 11.5 Å². The Kier molecular flexibility index (Phi) is 3.22. The van der Waals surface area contributed by atoms with Crippen molar-refractivity contribution in [3.8, 4) is 0 Å². The van der Waals surface area contributed by atoms with Crippen molar-refractivity contribution in [1.29, 1.82) is 0 Å². The van der Waals surface area contributed by atoms with Gasteiger partial charge in [-0.25, -0.2) is 4.98 Å². The van der Waals surface area contributed by atoms with Crippen LogP contribution in [0.4, 0.5) is 11.5 Å². The van der Waals surface area contributed by atoms with Crippen molar-refractivity contribution in [3.05, 3.63) is 52.7 Å². The minimum atomic E-state index is 0.0276. The molecular formula is C17H20N2O. The molecule has 3 nitrogen and oxygen atoms in total. The second-order valence-electron chi connectivity index (χ2n) is 5.59. The number of nitrogens with zero attached hydrogens (tertiary/aromatic N) is 2. The van der Waals surface area contributed by atoms with E-state index in [0.717, 1.165) is 29.1 Å². The highest BCUT2D eigenvalue weighted by atomic mass is 16.3. The maximum Gasteiger partial charge on any atom is 0.139 e. The van der Waals surface area contributed by atoms with Gasteiger partial charge in [-0.15, -0.1) is 0 Å². The molecule has 3 heteroatoms. The largest absolute Gasteiger partial charge is 0.392 e. The molecule has 0 spiro atoms. The van der Waals surface area contributed by atoms with Crippen molar-refractivity contribution in [1.82, 2.24) is 4.98 Å². The minimum absolute atomic E-state index is 0.0276. The molecule has 0 aliphatic carbocycles. The average molecular weight is 268 g/mol. The van der Waals surface area contributed by atoms with Crippen LogP contribution >= 0.6 is 0 Å². The van der Waals surface area contributed by atoms with Crippen molar-refractivity contribution in [2.75, 3.05) is 4.90 Å². The third kappa shape index (κ3) is 1.98. The molecule has 1 N–H and O–H groups in total. The van der Waals surface area contributed by atoms with E-state index in [1.807, 2.05) is 19.9 Å². The number of aryl methyl sites for hydroxylation is 2. The lowest BCUT2D eigenvalue weighted by atomic mass is 10.1. The molecule has 0 radical (unpaired) electrons. The van der Waals surface area contributed by atoms with Gasteiger partial charge in [-0.1, -0.05) is 18.2 Å².